The van der Waals surface area contributed by atoms with Crippen molar-refractivity contribution >= 4 is 12.2 Å². The SMILES string of the molecule is CC(C)(C)C=O.COCN1CCc2cc(OC)ccc2C1=O. The van der Waals surface area contributed by atoms with Crippen molar-refractivity contribution in [2.75, 3.05) is 27.5 Å². The van der Waals surface area contributed by atoms with Gasteiger partial charge in [-0.1, -0.05) is 20.8 Å². The average molecular weight is 307 g/mol. The van der Waals surface area contributed by atoms with Crippen molar-refractivity contribution < 1.29 is 19.1 Å². The predicted molar refractivity (Wildman–Crippen MR) is 85.1 cm³/mol. The summed E-state index contributed by atoms with van der Waals surface area (Å²) in [5, 5.41) is 0. The molecule has 122 valence electrons. The Morgan fingerprint density at radius 2 is 1.91 bits per heavy atom. The molecule has 0 spiro atoms. The standard InChI is InChI=1S/C12H15NO3.C5H10O/c1-15-8-13-6-5-9-7-10(16-2)3-4-11(9)12(13)14;1-5(2,3)4-6/h3-4,7H,5-6,8H2,1-2H3;4H,1-3H3. The van der Waals surface area contributed by atoms with Gasteiger partial charge in [0.15, 0.2) is 0 Å². The van der Waals surface area contributed by atoms with Crippen LogP contribution in [0, 0.1) is 5.41 Å². The Morgan fingerprint density at radius 3 is 2.41 bits per heavy atom. The fourth-order valence-corrected chi connectivity index (χ4v) is 1.92. The van der Waals surface area contributed by atoms with Crippen molar-refractivity contribution in [2.45, 2.75) is 27.2 Å². The van der Waals surface area contributed by atoms with Gasteiger partial charge < -0.3 is 19.2 Å². The van der Waals surface area contributed by atoms with Gasteiger partial charge in [-0.15, -0.1) is 0 Å². The molecule has 0 N–H and O–H groups in total. The highest BCUT2D eigenvalue weighted by Gasteiger charge is 2.24. The zero-order chi connectivity index (χ0) is 16.8. The van der Waals surface area contributed by atoms with Crippen LogP contribution in [0.15, 0.2) is 18.2 Å². The normalized spacial score (nSPS) is 13.9. The highest BCUT2D eigenvalue weighted by molar-refractivity contribution is 5.96. The highest BCUT2D eigenvalue weighted by atomic mass is 16.5. The van der Waals surface area contributed by atoms with Crippen molar-refractivity contribution in [2.24, 2.45) is 5.41 Å². The maximum absolute atomic E-state index is 12.0. The van der Waals surface area contributed by atoms with Crippen LogP contribution in [0.2, 0.25) is 0 Å². The minimum absolute atomic E-state index is 0.0331. The molecule has 0 saturated heterocycles. The summed E-state index contributed by atoms with van der Waals surface area (Å²) in [6.45, 7) is 6.68. The van der Waals surface area contributed by atoms with E-state index in [1.165, 1.54) is 0 Å². The van der Waals surface area contributed by atoms with Crippen molar-refractivity contribution in [3.63, 3.8) is 0 Å². The molecule has 1 aliphatic heterocycles. The summed E-state index contributed by atoms with van der Waals surface area (Å²) in [7, 11) is 3.22. The van der Waals surface area contributed by atoms with Crippen LogP contribution in [0.25, 0.3) is 0 Å². The molecule has 0 unspecified atom stereocenters. The lowest BCUT2D eigenvalue weighted by atomic mass is 9.99. The van der Waals surface area contributed by atoms with Crippen molar-refractivity contribution in [1.82, 2.24) is 4.90 Å². The van der Waals surface area contributed by atoms with Gasteiger partial charge in [0.1, 0.15) is 18.8 Å². The van der Waals surface area contributed by atoms with E-state index in [1.54, 1.807) is 19.1 Å². The van der Waals surface area contributed by atoms with Gasteiger partial charge in [0.2, 0.25) is 0 Å². The van der Waals surface area contributed by atoms with Crippen LogP contribution in [0.3, 0.4) is 0 Å². The number of fused-ring (bicyclic) bond motifs is 1. The van der Waals surface area contributed by atoms with Crippen LogP contribution >= 0.6 is 0 Å². The van der Waals surface area contributed by atoms with E-state index in [4.69, 9.17) is 9.47 Å². The predicted octanol–water partition coefficient (Wildman–Crippen LogP) is 2.53. The first-order valence-corrected chi connectivity index (χ1v) is 7.24. The Labute approximate surface area is 132 Å². The van der Waals surface area contributed by atoms with Crippen LogP contribution < -0.4 is 4.74 Å². The number of hydrogen-bond donors (Lipinski definition) is 0. The molecule has 5 heteroatoms. The van der Waals surface area contributed by atoms with Gasteiger partial charge >= 0.3 is 0 Å². The minimum atomic E-state index is -0.139. The second-order valence-electron chi connectivity index (χ2n) is 6.24. The maximum atomic E-state index is 12.0. The van der Waals surface area contributed by atoms with E-state index in [2.05, 4.69) is 0 Å². The van der Waals surface area contributed by atoms with Gasteiger partial charge in [-0.05, 0) is 30.2 Å². The summed E-state index contributed by atoms with van der Waals surface area (Å²) in [6.07, 6.45) is 1.79. The zero-order valence-corrected chi connectivity index (χ0v) is 14.0. The summed E-state index contributed by atoms with van der Waals surface area (Å²) in [5.74, 6) is 0.831. The summed E-state index contributed by atoms with van der Waals surface area (Å²) in [5.41, 5.74) is 1.67. The molecular weight excluding hydrogens is 282 g/mol. The Bertz CT molecular complexity index is 520. The number of carbonyl (C=O) groups excluding carboxylic acids is 2. The largest absolute Gasteiger partial charge is 0.497 e. The lowest BCUT2D eigenvalue weighted by Gasteiger charge is -2.27. The number of nitrogens with zero attached hydrogens (tertiary/aromatic N) is 1. The van der Waals surface area contributed by atoms with E-state index in [0.29, 0.717) is 13.3 Å². The molecule has 0 atom stereocenters. The molecule has 0 bridgehead atoms. The molecule has 0 radical (unpaired) electrons. The molecule has 0 fully saturated rings. The number of amides is 1. The smallest absolute Gasteiger partial charge is 0.255 e. The number of rotatable bonds is 3. The second-order valence-corrected chi connectivity index (χ2v) is 6.24. The first-order valence-electron chi connectivity index (χ1n) is 7.24. The summed E-state index contributed by atoms with van der Waals surface area (Å²) >= 11 is 0. The van der Waals surface area contributed by atoms with Gasteiger partial charge in [-0.25, -0.2) is 0 Å². The number of carbonyl (C=O) groups is 2. The molecule has 1 aromatic carbocycles. The molecule has 1 aliphatic rings. The lowest BCUT2D eigenvalue weighted by Crippen LogP contribution is -2.38. The first kappa shape index (κ1) is 18.2. The van der Waals surface area contributed by atoms with Crippen molar-refractivity contribution in [3.8, 4) is 5.75 Å². The van der Waals surface area contributed by atoms with Crippen LogP contribution in [0.1, 0.15) is 36.7 Å². The number of aldehydes is 1. The Hall–Kier alpha value is -1.88. The number of ether oxygens (including phenoxy) is 2. The van der Waals surface area contributed by atoms with E-state index in [9.17, 15) is 9.59 Å². The van der Waals surface area contributed by atoms with Gasteiger partial charge in [0, 0.05) is 24.6 Å². The molecule has 1 amide bonds. The van der Waals surface area contributed by atoms with E-state index in [-0.39, 0.29) is 11.3 Å². The molecule has 5 nitrogen and oxygen atoms in total. The molecule has 0 saturated carbocycles. The Kier molecular flexibility index (Phi) is 6.56. The van der Waals surface area contributed by atoms with Crippen molar-refractivity contribution in [3.05, 3.63) is 29.3 Å². The average Bonchev–Trinajstić information content (AvgIpc) is 2.50. The first-order chi connectivity index (χ1) is 10.3. The van der Waals surface area contributed by atoms with E-state index < -0.39 is 0 Å². The molecule has 22 heavy (non-hydrogen) atoms. The van der Waals surface area contributed by atoms with E-state index in [0.717, 1.165) is 29.6 Å². The molecule has 2 rings (SSSR count). The van der Waals surface area contributed by atoms with Crippen LogP contribution in [0.5, 0.6) is 5.75 Å². The summed E-state index contributed by atoms with van der Waals surface area (Å²) in [6, 6.07) is 5.56. The molecule has 0 aliphatic carbocycles. The quantitative estimate of drug-likeness (QED) is 0.805. The third-order valence-corrected chi connectivity index (χ3v) is 3.12. The van der Waals surface area contributed by atoms with E-state index >= 15 is 0 Å². The summed E-state index contributed by atoms with van der Waals surface area (Å²) in [4.78, 5) is 23.5. The Morgan fingerprint density at radius 1 is 1.27 bits per heavy atom. The number of methoxy groups -OCH3 is 2. The Balaban J connectivity index is 0.000000346. The highest BCUT2D eigenvalue weighted by Crippen LogP contribution is 2.23. The van der Waals surface area contributed by atoms with Gasteiger partial charge in [-0.2, -0.15) is 0 Å². The second kappa shape index (κ2) is 7.94. The van der Waals surface area contributed by atoms with Crippen molar-refractivity contribution in [1.29, 1.82) is 0 Å². The molecular formula is C17H25NO4. The van der Waals surface area contributed by atoms with E-state index in [1.807, 2.05) is 39.0 Å². The lowest BCUT2D eigenvalue weighted by molar-refractivity contribution is -0.113. The zero-order valence-electron chi connectivity index (χ0n) is 14.0. The summed E-state index contributed by atoms with van der Waals surface area (Å²) < 4.78 is 10.1. The van der Waals surface area contributed by atoms with Gasteiger partial charge in [0.05, 0.1) is 7.11 Å². The molecule has 1 heterocycles. The van der Waals surface area contributed by atoms with Crippen LogP contribution in [0.4, 0.5) is 0 Å². The number of hydrogen-bond acceptors (Lipinski definition) is 4. The maximum Gasteiger partial charge on any atom is 0.255 e. The molecule has 1 aromatic rings. The minimum Gasteiger partial charge on any atom is -0.497 e. The topological polar surface area (TPSA) is 55.8 Å². The fourth-order valence-electron chi connectivity index (χ4n) is 1.92. The monoisotopic (exact) mass is 307 g/mol. The van der Waals surface area contributed by atoms with Crippen LogP contribution in [-0.2, 0) is 16.0 Å². The van der Waals surface area contributed by atoms with Gasteiger partial charge in [-0.3, -0.25) is 4.79 Å². The van der Waals surface area contributed by atoms with Gasteiger partial charge in [0.25, 0.3) is 5.91 Å². The third kappa shape index (κ3) is 5.15. The number of benzene rings is 1. The fraction of sp³-hybridized carbons (Fsp3) is 0.529. The van der Waals surface area contributed by atoms with Crippen LogP contribution in [-0.4, -0.2) is 44.6 Å². The molecule has 0 aromatic heterocycles. The third-order valence-electron chi connectivity index (χ3n) is 3.12.